The van der Waals surface area contributed by atoms with Gasteiger partial charge in [-0.3, -0.25) is 0 Å². The lowest BCUT2D eigenvalue weighted by Crippen LogP contribution is -2.39. The van der Waals surface area contributed by atoms with Crippen LogP contribution in [0.3, 0.4) is 0 Å². The average Bonchev–Trinajstić information content (AvgIpc) is 2.38. The first-order valence-corrected chi connectivity index (χ1v) is 7.18. The first-order valence-electron chi connectivity index (χ1n) is 7.18. The highest BCUT2D eigenvalue weighted by molar-refractivity contribution is 5.39. The third kappa shape index (κ3) is 3.93. The van der Waals surface area contributed by atoms with E-state index in [4.69, 9.17) is 4.74 Å². The number of aliphatic hydroxyl groups is 1. The SMILES string of the molecule is CCNc1nc(OC(C)C)nc(N2CCCC(O)C2)n1. The second kappa shape index (κ2) is 6.69. The molecule has 7 heteroatoms. The van der Waals surface area contributed by atoms with Crippen molar-refractivity contribution >= 4 is 11.9 Å². The molecule has 1 fully saturated rings. The van der Waals surface area contributed by atoms with E-state index >= 15 is 0 Å². The summed E-state index contributed by atoms with van der Waals surface area (Å²) in [6, 6.07) is 0.320. The van der Waals surface area contributed by atoms with Gasteiger partial charge in [0.15, 0.2) is 0 Å². The lowest BCUT2D eigenvalue weighted by molar-refractivity contribution is 0.153. The first-order chi connectivity index (χ1) is 9.58. The van der Waals surface area contributed by atoms with Crippen LogP contribution < -0.4 is 15.0 Å². The molecular weight excluding hydrogens is 258 g/mol. The fraction of sp³-hybridized carbons (Fsp3) is 0.769. The van der Waals surface area contributed by atoms with Crippen molar-refractivity contribution in [3.63, 3.8) is 0 Å². The Morgan fingerprint density at radius 3 is 2.85 bits per heavy atom. The van der Waals surface area contributed by atoms with Crippen LogP contribution in [-0.4, -0.2) is 51.9 Å². The first kappa shape index (κ1) is 14.8. The van der Waals surface area contributed by atoms with Gasteiger partial charge in [0.05, 0.1) is 12.2 Å². The molecular formula is C13H23N5O2. The van der Waals surface area contributed by atoms with Crippen molar-refractivity contribution in [3.05, 3.63) is 0 Å². The molecule has 0 saturated carbocycles. The minimum Gasteiger partial charge on any atom is -0.461 e. The van der Waals surface area contributed by atoms with Crippen LogP contribution in [-0.2, 0) is 0 Å². The molecule has 2 N–H and O–H groups in total. The third-order valence-electron chi connectivity index (χ3n) is 2.96. The standard InChI is InChI=1S/C13H23N5O2/c1-4-14-11-15-12(17-13(16-11)20-9(2)3)18-7-5-6-10(19)8-18/h9-10,19H,4-8H2,1-3H3,(H,14,15,16,17). The van der Waals surface area contributed by atoms with Gasteiger partial charge in [-0.25, -0.2) is 0 Å². The van der Waals surface area contributed by atoms with Crippen molar-refractivity contribution in [1.29, 1.82) is 0 Å². The smallest absolute Gasteiger partial charge is 0.323 e. The summed E-state index contributed by atoms with van der Waals surface area (Å²) >= 11 is 0. The molecule has 2 rings (SSSR count). The predicted molar refractivity (Wildman–Crippen MR) is 77.2 cm³/mol. The topological polar surface area (TPSA) is 83.4 Å². The van der Waals surface area contributed by atoms with Gasteiger partial charge in [0.1, 0.15) is 0 Å². The van der Waals surface area contributed by atoms with Gasteiger partial charge in [0.2, 0.25) is 11.9 Å². The average molecular weight is 281 g/mol. The van der Waals surface area contributed by atoms with E-state index in [2.05, 4.69) is 20.3 Å². The van der Waals surface area contributed by atoms with Gasteiger partial charge in [-0.2, -0.15) is 15.0 Å². The maximum absolute atomic E-state index is 9.77. The zero-order valence-electron chi connectivity index (χ0n) is 12.3. The van der Waals surface area contributed by atoms with Crippen molar-refractivity contribution in [2.75, 3.05) is 29.9 Å². The fourth-order valence-electron chi connectivity index (χ4n) is 2.12. The zero-order valence-corrected chi connectivity index (χ0v) is 12.3. The van der Waals surface area contributed by atoms with Crippen LogP contribution in [0.25, 0.3) is 0 Å². The van der Waals surface area contributed by atoms with Gasteiger partial charge in [-0.15, -0.1) is 0 Å². The van der Waals surface area contributed by atoms with Crippen LogP contribution in [0, 0.1) is 0 Å². The van der Waals surface area contributed by atoms with E-state index in [1.807, 2.05) is 25.7 Å². The Hall–Kier alpha value is -1.63. The molecule has 0 radical (unpaired) electrons. The summed E-state index contributed by atoms with van der Waals surface area (Å²) in [5.74, 6) is 1.07. The maximum Gasteiger partial charge on any atom is 0.323 e. The molecule has 0 aromatic carbocycles. The summed E-state index contributed by atoms with van der Waals surface area (Å²) in [5, 5.41) is 12.8. The van der Waals surface area contributed by atoms with Crippen molar-refractivity contribution in [2.45, 2.75) is 45.8 Å². The Balaban J connectivity index is 2.23. The molecule has 1 aliphatic heterocycles. The van der Waals surface area contributed by atoms with E-state index in [1.165, 1.54) is 0 Å². The lowest BCUT2D eigenvalue weighted by Gasteiger charge is -2.30. The quantitative estimate of drug-likeness (QED) is 0.834. The molecule has 20 heavy (non-hydrogen) atoms. The highest BCUT2D eigenvalue weighted by atomic mass is 16.5. The molecule has 1 atom stereocenters. The molecule has 2 heterocycles. The number of β-amino-alcohol motifs (C(OH)–C–C–N with tert-alkyl or cyclic N) is 1. The molecule has 0 spiro atoms. The molecule has 1 aromatic heterocycles. The third-order valence-corrected chi connectivity index (χ3v) is 2.96. The number of aromatic nitrogens is 3. The van der Waals surface area contributed by atoms with Crippen LogP contribution in [0.15, 0.2) is 0 Å². The summed E-state index contributed by atoms with van der Waals surface area (Å²) in [6.07, 6.45) is 1.45. The lowest BCUT2D eigenvalue weighted by atomic mass is 10.1. The maximum atomic E-state index is 9.77. The monoisotopic (exact) mass is 281 g/mol. The highest BCUT2D eigenvalue weighted by Crippen LogP contribution is 2.20. The van der Waals surface area contributed by atoms with Gasteiger partial charge < -0.3 is 20.1 Å². The van der Waals surface area contributed by atoms with E-state index in [1.54, 1.807) is 0 Å². The number of nitrogens with zero attached hydrogens (tertiary/aromatic N) is 4. The summed E-state index contributed by atoms with van der Waals surface area (Å²) in [7, 11) is 0. The van der Waals surface area contributed by atoms with E-state index in [-0.39, 0.29) is 12.2 Å². The van der Waals surface area contributed by atoms with E-state index in [0.29, 0.717) is 24.5 Å². The highest BCUT2D eigenvalue weighted by Gasteiger charge is 2.21. The number of nitrogens with one attached hydrogen (secondary N) is 1. The Morgan fingerprint density at radius 1 is 1.40 bits per heavy atom. The van der Waals surface area contributed by atoms with Crippen molar-refractivity contribution < 1.29 is 9.84 Å². The largest absolute Gasteiger partial charge is 0.461 e. The summed E-state index contributed by atoms with van der Waals surface area (Å²) in [4.78, 5) is 14.9. The van der Waals surface area contributed by atoms with Crippen molar-refractivity contribution in [1.82, 2.24) is 15.0 Å². The minimum atomic E-state index is -0.322. The zero-order chi connectivity index (χ0) is 14.5. The number of piperidine rings is 1. The second-order valence-electron chi connectivity index (χ2n) is 5.18. The summed E-state index contributed by atoms with van der Waals surface area (Å²) in [6.45, 7) is 7.97. The minimum absolute atomic E-state index is 0.00618. The van der Waals surface area contributed by atoms with Crippen molar-refractivity contribution in [3.8, 4) is 6.01 Å². The fourth-order valence-corrected chi connectivity index (χ4v) is 2.12. The van der Waals surface area contributed by atoms with Gasteiger partial charge in [0, 0.05) is 19.6 Å². The Kier molecular flexibility index (Phi) is 4.94. The van der Waals surface area contributed by atoms with Crippen LogP contribution >= 0.6 is 0 Å². The predicted octanol–water partition coefficient (Wildman–Crippen LogP) is 1.05. The molecule has 0 aliphatic carbocycles. The van der Waals surface area contributed by atoms with Crippen LogP contribution in [0.2, 0.25) is 0 Å². The van der Waals surface area contributed by atoms with E-state index < -0.39 is 0 Å². The number of hydrogen-bond acceptors (Lipinski definition) is 7. The van der Waals surface area contributed by atoms with Gasteiger partial charge >= 0.3 is 6.01 Å². The molecule has 1 saturated heterocycles. The second-order valence-corrected chi connectivity index (χ2v) is 5.18. The molecule has 1 unspecified atom stereocenters. The molecule has 1 aromatic rings. The van der Waals surface area contributed by atoms with Crippen molar-refractivity contribution in [2.24, 2.45) is 0 Å². The number of aliphatic hydroxyl groups excluding tert-OH is 1. The number of ether oxygens (including phenoxy) is 1. The summed E-state index contributed by atoms with van der Waals surface area (Å²) < 4.78 is 5.57. The van der Waals surface area contributed by atoms with E-state index in [0.717, 1.165) is 25.9 Å². The molecule has 0 bridgehead atoms. The molecule has 112 valence electrons. The molecule has 1 aliphatic rings. The van der Waals surface area contributed by atoms with Crippen LogP contribution in [0.4, 0.5) is 11.9 Å². The van der Waals surface area contributed by atoms with Crippen LogP contribution in [0.5, 0.6) is 6.01 Å². The number of anilines is 2. The molecule has 0 amide bonds. The Bertz CT molecular complexity index is 441. The van der Waals surface area contributed by atoms with Crippen LogP contribution in [0.1, 0.15) is 33.6 Å². The van der Waals surface area contributed by atoms with Gasteiger partial charge in [-0.05, 0) is 33.6 Å². The Morgan fingerprint density at radius 2 is 2.20 bits per heavy atom. The van der Waals surface area contributed by atoms with Gasteiger partial charge in [-0.1, -0.05) is 0 Å². The number of rotatable bonds is 5. The van der Waals surface area contributed by atoms with E-state index in [9.17, 15) is 5.11 Å². The normalized spacial score (nSPS) is 19.2. The Labute approximate surface area is 119 Å². The number of hydrogen-bond donors (Lipinski definition) is 2. The summed E-state index contributed by atoms with van der Waals surface area (Å²) in [5.41, 5.74) is 0. The molecule has 7 nitrogen and oxygen atoms in total. The van der Waals surface area contributed by atoms with Gasteiger partial charge in [0.25, 0.3) is 0 Å².